The Hall–Kier alpha value is -1.31. The van der Waals surface area contributed by atoms with Crippen LogP contribution < -0.4 is 0 Å². The molecule has 2 heterocycles. The van der Waals surface area contributed by atoms with Crippen LogP contribution in [-0.4, -0.2) is 9.38 Å². The molecule has 0 aliphatic heterocycles. The number of aryl methyl sites for hydroxylation is 1. The van der Waals surface area contributed by atoms with Crippen molar-refractivity contribution in [2.24, 2.45) is 0 Å². The number of imidazole rings is 1. The smallest absolute Gasteiger partial charge is 0.139 e. The molecule has 0 N–H and O–H groups in total. The molecule has 0 bridgehead atoms. The zero-order valence-corrected chi connectivity index (χ0v) is 9.91. The summed E-state index contributed by atoms with van der Waals surface area (Å²) in [5, 5.41) is 0. The minimum Gasteiger partial charge on any atom is -0.307 e. The molecular formula is C13H18N2. The lowest BCUT2D eigenvalue weighted by Gasteiger charge is -2.20. The third kappa shape index (κ3) is 1.76. The maximum atomic E-state index is 4.38. The molecule has 0 unspecified atom stereocenters. The lowest BCUT2D eigenvalue weighted by molar-refractivity contribution is 0.585. The van der Waals surface area contributed by atoms with Gasteiger partial charge in [-0.2, -0.15) is 0 Å². The van der Waals surface area contributed by atoms with E-state index in [4.69, 9.17) is 0 Å². The van der Waals surface area contributed by atoms with E-state index in [9.17, 15) is 0 Å². The molecule has 2 aromatic heterocycles. The van der Waals surface area contributed by atoms with Crippen molar-refractivity contribution < 1.29 is 0 Å². The maximum Gasteiger partial charge on any atom is 0.139 e. The fraction of sp³-hybridized carbons (Fsp3) is 0.462. The van der Waals surface area contributed by atoms with Crippen LogP contribution in [-0.2, 0) is 11.8 Å². The topological polar surface area (TPSA) is 17.3 Å². The molecule has 0 aliphatic rings. The van der Waals surface area contributed by atoms with E-state index in [0.717, 1.165) is 12.1 Å². The summed E-state index contributed by atoms with van der Waals surface area (Å²) in [7, 11) is 0. The van der Waals surface area contributed by atoms with Crippen molar-refractivity contribution >= 4 is 5.65 Å². The molecule has 0 amide bonds. The largest absolute Gasteiger partial charge is 0.307 e. The predicted octanol–water partition coefficient (Wildman–Crippen LogP) is 3.19. The van der Waals surface area contributed by atoms with Crippen LogP contribution in [0.5, 0.6) is 0 Å². The molecule has 80 valence electrons. The lowest BCUT2D eigenvalue weighted by Crippen LogP contribution is -2.13. The average Bonchev–Trinajstić information content (AvgIpc) is 2.62. The van der Waals surface area contributed by atoms with Gasteiger partial charge in [-0.05, 0) is 23.0 Å². The van der Waals surface area contributed by atoms with Crippen LogP contribution in [0.15, 0.2) is 24.7 Å². The van der Waals surface area contributed by atoms with Gasteiger partial charge in [0.25, 0.3) is 0 Å². The highest BCUT2D eigenvalue weighted by Gasteiger charge is 2.15. The summed E-state index contributed by atoms with van der Waals surface area (Å²) >= 11 is 0. The van der Waals surface area contributed by atoms with Gasteiger partial charge in [-0.3, -0.25) is 0 Å². The van der Waals surface area contributed by atoms with Gasteiger partial charge in [-0.25, -0.2) is 4.98 Å². The monoisotopic (exact) mass is 202 g/mol. The van der Waals surface area contributed by atoms with Crippen molar-refractivity contribution in [1.29, 1.82) is 0 Å². The highest BCUT2D eigenvalue weighted by atomic mass is 15.0. The van der Waals surface area contributed by atoms with Crippen LogP contribution in [0.4, 0.5) is 0 Å². The van der Waals surface area contributed by atoms with Gasteiger partial charge in [0.2, 0.25) is 0 Å². The van der Waals surface area contributed by atoms with Gasteiger partial charge in [0.05, 0.1) is 0 Å². The first-order chi connectivity index (χ1) is 7.02. The lowest BCUT2D eigenvalue weighted by atomic mass is 9.87. The average molecular weight is 202 g/mol. The summed E-state index contributed by atoms with van der Waals surface area (Å²) in [4.78, 5) is 4.38. The van der Waals surface area contributed by atoms with Crippen molar-refractivity contribution in [3.63, 3.8) is 0 Å². The molecule has 0 aromatic carbocycles. The SMILES string of the molecule is CCc1cc(C(C)(C)C)cn2ccnc12. The van der Waals surface area contributed by atoms with Crippen molar-refractivity contribution in [3.8, 4) is 0 Å². The summed E-state index contributed by atoms with van der Waals surface area (Å²) in [5.41, 5.74) is 3.98. The van der Waals surface area contributed by atoms with E-state index in [-0.39, 0.29) is 5.41 Å². The number of aromatic nitrogens is 2. The minimum atomic E-state index is 0.197. The molecule has 0 atom stereocenters. The Morgan fingerprint density at radius 1 is 1.33 bits per heavy atom. The highest BCUT2D eigenvalue weighted by Crippen LogP contribution is 2.24. The molecule has 2 nitrogen and oxygen atoms in total. The number of nitrogens with zero attached hydrogens (tertiary/aromatic N) is 2. The molecule has 0 aliphatic carbocycles. The van der Waals surface area contributed by atoms with Crippen molar-refractivity contribution in [1.82, 2.24) is 9.38 Å². The van der Waals surface area contributed by atoms with Gasteiger partial charge >= 0.3 is 0 Å². The predicted molar refractivity (Wildman–Crippen MR) is 63.3 cm³/mol. The second kappa shape index (κ2) is 3.37. The summed E-state index contributed by atoms with van der Waals surface area (Å²) in [5.74, 6) is 0. The number of pyridine rings is 1. The molecule has 2 aromatic rings. The highest BCUT2D eigenvalue weighted by molar-refractivity contribution is 5.50. The standard InChI is InChI=1S/C13H18N2/c1-5-10-8-11(13(2,3)4)9-15-7-6-14-12(10)15/h6-9H,5H2,1-4H3. The van der Waals surface area contributed by atoms with Gasteiger partial charge in [0, 0.05) is 18.6 Å². The van der Waals surface area contributed by atoms with E-state index in [0.29, 0.717) is 0 Å². The normalized spacial score (nSPS) is 12.3. The van der Waals surface area contributed by atoms with E-state index in [1.807, 2.05) is 12.4 Å². The molecule has 2 heteroatoms. The van der Waals surface area contributed by atoms with Crippen LogP contribution in [0.1, 0.15) is 38.8 Å². The van der Waals surface area contributed by atoms with E-state index >= 15 is 0 Å². The van der Waals surface area contributed by atoms with E-state index in [2.05, 4.69) is 49.3 Å². The number of hydrogen-bond acceptors (Lipinski definition) is 1. The Labute approximate surface area is 91.0 Å². The Balaban J connectivity index is 2.69. The molecule has 15 heavy (non-hydrogen) atoms. The van der Waals surface area contributed by atoms with Crippen LogP contribution in [0.25, 0.3) is 5.65 Å². The molecule has 0 saturated carbocycles. The van der Waals surface area contributed by atoms with Gasteiger partial charge in [-0.1, -0.05) is 33.8 Å². The molecule has 2 rings (SSSR count). The maximum absolute atomic E-state index is 4.38. The van der Waals surface area contributed by atoms with Crippen molar-refractivity contribution in [2.45, 2.75) is 39.5 Å². The Bertz CT molecular complexity index is 475. The first kappa shape index (κ1) is 10.2. The van der Waals surface area contributed by atoms with Gasteiger partial charge in [0.15, 0.2) is 0 Å². The van der Waals surface area contributed by atoms with Crippen molar-refractivity contribution in [3.05, 3.63) is 35.8 Å². The van der Waals surface area contributed by atoms with Crippen LogP contribution in [0.3, 0.4) is 0 Å². The van der Waals surface area contributed by atoms with E-state index in [1.165, 1.54) is 11.1 Å². The summed E-state index contributed by atoms with van der Waals surface area (Å²) in [6, 6.07) is 2.28. The molecule has 0 saturated heterocycles. The minimum absolute atomic E-state index is 0.197. The Morgan fingerprint density at radius 3 is 2.67 bits per heavy atom. The zero-order valence-electron chi connectivity index (χ0n) is 9.91. The molecule has 0 radical (unpaired) electrons. The van der Waals surface area contributed by atoms with Crippen molar-refractivity contribution in [2.75, 3.05) is 0 Å². The van der Waals surface area contributed by atoms with Gasteiger partial charge in [0.1, 0.15) is 5.65 Å². The van der Waals surface area contributed by atoms with Crippen LogP contribution in [0.2, 0.25) is 0 Å². The fourth-order valence-corrected chi connectivity index (χ4v) is 1.78. The quantitative estimate of drug-likeness (QED) is 0.694. The summed E-state index contributed by atoms with van der Waals surface area (Å²) in [6.45, 7) is 8.90. The van der Waals surface area contributed by atoms with E-state index < -0.39 is 0 Å². The first-order valence-corrected chi connectivity index (χ1v) is 5.48. The summed E-state index contributed by atoms with van der Waals surface area (Å²) < 4.78 is 2.12. The number of hydrogen-bond donors (Lipinski definition) is 0. The Kier molecular flexibility index (Phi) is 2.29. The molecular weight excluding hydrogens is 184 g/mol. The number of fused-ring (bicyclic) bond motifs is 1. The van der Waals surface area contributed by atoms with E-state index in [1.54, 1.807) is 0 Å². The Morgan fingerprint density at radius 2 is 2.07 bits per heavy atom. The first-order valence-electron chi connectivity index (χ1n) is 5.48. The fourth-order valence-electron chi connectivity index (χ4n) is 1.78. The second-order valence-corrected chi connectivity index (χ2v) is 5.02. The van der Waals surface area contributed by atoms with Gasteiger partial charge < -0.3 is 4.40 Å². The van der Waals surface area contributed by atoms with Crippen LogP contribution >= 0.6 is 0 Å². The molecule has 0 fully saturated rings. The zero-order chi connectivity index (χ0) is 11.1. The number of rotatable bonds is 1. The van der Waals surface area contributed by atoms with Gasteiger partial charge in [-0.15, -0.1) is 0 Å². The third-order valence-corrected chi connectivity index (χ3v) is 2.81. The third-order valence-electron chi connectivity index (χ3n) is 2.81. The second-order valence-electron chi connectivity index (χ2n) is 5.02. The molecule has 0 spiro atoms. The summed E-state index contributed by atoms with van der Waals surface area (Å²) in [6.07, 6.45) is 7.09. The van der Waals surface area contributed by atoms with Crippen LogP contribution in [0, 0.1) is 0 Å².